The van der Waals surface area contributed by atoms with Gasteiger partial charge in [0.25, 0.3) is 0 Å². The van der Waals surface area contributed by atoms with Gasteiger partial charge in [0.2, 0.25) is 5.91 Å². The van der Waals surface area contributed by atoms with Gasteiger partial charge in [-0.05, 0) is 12.1 Å². The second kappa shape index (κ2) is 6.12. The minimum atomic E-state index is -1.00. The standard InChI is InChI=1S/C10H12N2O3S/c1-11-8(13)4-6-16-9-7(10(14)15)3-2-5-12-9/h2-3,5H,4,6H2,1H3,(H,11,13)(H,14,15). The van der Waals surface area contributed by atoms with Crippen LogP contribution in [0.1, 0.15) is 16.8 Å². The molecule has 1 aromatic rings. The number of nitrogens with zero attached hydrogens (tertiary/aromatic N) is 1. The Morgan fingerprint density at radius 2 is 2.31 bits per heavy atom. The molecule has 0 aliphatic heterocycles. The molecule has 1 aromatic heterocycles. The van der Waals surface area contributed by atoms with E-state index in [1.165, 1.54) is 24.0 Å². The predicted molar refractivity (Wildman–Crippen MR) is 60.6 cm³/mol. The van der Waals surface area contributed by atoms with Gasteiger partial charge in [0, 0.05) is 25.4 Å². The smallest absolute Gasteiger partial charge is 0.338 e. The first kappa shape index (κ1) is 12.5. The molecule has 1 amide bonds. The summed E-state index contributed by atoms with van der Waals surface area (Å²) in [5.74, 6) is -0.562. The lowest BCUT2D eigenvalue weighted by atomic mass is 10.3. The monoisotopic (exact) mass is 240 g/mol. The van der Waals surface area contributed by atoms with E-state index in [1.807, 2.05) is 0 Å². The Labute approximate surface area is 97.3 Å². The molecule has 5 nitrogen and oxygen atoms in total. The van der Waals surface area contributed by atoms with Crippen molar-refractivity contribution in [1.29, 1.82) is 0 Å². The fourth-order valence-electron chi connectivity index (χ4n) is 1.03. The van der Waals surface area contributed by atoms with Crippen LogP contribution in [0.3, 0.4) is 0 Å². The van der Waals surface area contributed by atoms with Crippen LogP contribution in [-0.2, 0) is 4.79 Å². The molecule has 0 fully saturated rings. The van der Waals surface area contributed by atoms with Crippen molar-refractivity contribution in [1.82, 2.24) is 10.3 Å². The molecule has 0 atom stereocenters. The molecule has 86 valence electrons. The number of hydrogen-bond donors (Lipinski definition) is 2. The first-order valence-electron chi connectivity index (χ1n) is 4.67. The summed E-state index contributed by atoms with van der Waals surface area (Å²) in [4.78, 5) is 25.8. The van der Waals surface area contributed by atoms with E-state index in [9.17, 15) is 9.59 Å². The van der Waals surface area contributed by atoms with Gasteiger partial charge in [0.05, 0.1) is 5.56 Å². The fraction of sp³-hybridized carbons (Fsp3) is 0.300. The van der Waals surface area contributed by atoms with Crippen LogP contribution in [0, 0.1) is 0 Å². The van der Waals surface area contributed by atoms with Crippen molar-refractivity contribution in [2.75, 3.05) is 12.8 Å². The maximum absolute atomic E-state index is 11.0. The fourth-order valence-corrected chi connectivity index (χ4v) is 1.96. The molecule has 1 heterocycles. The van der Waals surface area contributed by atoms with Gasteiger partial charge in [-0.2, -0.15) is 0 Å². The minimum absolute atomic E-state index is 0.0692. The number of amides is 1. The number of hydrogen-bond acceptors (Lipinski definition) is 4. The molecule has 0 aliphatic carbocycles. The Morgan fingerprint density at radius 1 is 1.56 bits per heavy atom. The number of pyridine rings is 1. The zero-order valence-corrected chi connectivity index (χ0v) is 9.58. The normalized spacial score (nSPS) is 9.81. The van der Waals surface area contributed by atoms with E-state index < -0.39 is 5.97 Å². The van der Waals surface area contributed by atoms with Crippen molar-refractivity contribution in [3.63, 3.8) is 0 Å². The summed E-state index contributed by atoms with van der Waals surface area (Å²) in [5, 5.41) is 11.8. The molecule has 16 heavy (non-hydrogen) atoms. The Bertz CT molecular complexity index is 395. The van der Waals surface area contributed by atoms with Crippen molar-refractivity contribution in [3.05, 3.63) is 23.9 Å². The Balaban J connectivity index is 2.60. The second-order valence-corrected chi connectivity index (χ2v) is 4.02. The zero-order chi connectivity index (χ0) is 12.0. The summed E-state index contributed by atoms with van der Waals surface area (Å²) in [6.07, 6.45) is 1.88. The summed E-state index contributed by atoms with van der Waals surface area (Å²) in [5.41, 5.74) is 0.171. The third-order valence-electron chi connectivity index (χ3n) is 1.85. The highest BCUT2D eigenvalue weighted by molar-refractivity contribution is 7.99. The van der Waals surface area contributed by atoms with Crippen molar-refractivity contribution in [3.8, 4) is 0 Å². The van der Waals surface area contributed by atoms with Gasteiger partial charge in [0.15, 0.2) is 0 Å². The van der Waals surface area contributed by atoms with Crippen molar-refractivity contribution in [2.24, 2.45) is 0 Å². The molecule has 0 aliphatic rings. The maximum atomic E-state index is 11.0. The van der Waals surface area contributed by atoms with E-state index in [-0.39, 0.29) is 11.5 Å². The molecule has 0 bridgehead atoms. The summed E-state index contributed by atoms with van der Waals surface area (Å²) in [6, 6.07) is 3.07. The topological polar surface area (TPSA) is 79.3 Å². The van der Waals surface area contributed by atoms with Crippen molar-refractivity contribution < 1.29 is 14.7 Å². The van der Waals surface area contributed by atoms with E-state index >= 15 is 0 Å². The number of rotatable bonds is 5. The highest BCUT2D eigenvalue weighted by Gasteiger charge is 2.11. The summed E-state index contributed by atoms with van der Waals surface area (Å²) in [7, 11) is 1.57. The average Bonchev–Trinajstić information content (AvgIpc) is 2.29. The summed E-state index contributed by atoms with van der Waals surface area (Å²) >= 11 is 1.27. The Kier molecular flexibility index (Phi) is 4.78. The van der Waals surface area contributed by atoms with Gasteiger partial charge in [-0.1, -0.05) is 0 Å². The SMILES string of the molecule is CNC(=O)CCSc1ncccc1C(=O)O. The van der Waals surface area contributed by atoms with Crippen LogP contribution in [0.5, 0.6) is 0 Å². The van der Waals surface area contributed by atoms with E-state index in [4.69, 9.17) is 5.11 Å². The van der Waals surface area contributed by atoms with Gasteiger partial charge in [-0.25, -0.2) is 9.78 Å². The lowest BCUT2D eigenvalue weighted by Crippen LogP contribution is -2.17. The first-order chi connectivity index (χ1) is 7.65. The van der Waals surface area contributed by atoms with Gasteiger partial charge < -0.3 is 10.4 Å². The molecule has 0 radical (unpaired) electrons. The van der Waals surface area contributed by atoms with Crippen LogP contribution in [0.15, 0.2) is 23.4 Å². The molecule has 6 heteroatoms. The second-order valence-electron chi connectivity index (χ2n) is 2.93. The molecular weight excluding hydrogens is 228 g/mol. The number of nitrogens with one attached hydrogen (secondary N) is 1. The van der Waals surface area contributed by atoms with Crippen LogP contribution >= 0.6 is 11.8 Å². The van der Waals surface area contributed by atoms with Crippen LogP contribution < -0.4 is 5.32 Å². The predicted octanol–water partition coefficient (Wildman–Crippen LogP) is 1.01. The first-order valence-corrected chi connectivity index (χ1v) is 5.65. The Morgan fingerprint density at radius 3 is 2.94 bits per heavy atom. The molecule has 0 saturated carbocycles. The molecule has 0 aromatic carbocycles. The number of aromatic nitrogens is 1. The van der Waals surface area contributed by atoms with E-state index in [0.717, 1.165) is 0 Å². The molecule has 1 rings (SSSR count). The van der Waals surface area contributed by atoms with E-state index in [1.54, 1.807) is 13.1 Å². The van der Waals surface area contributed by atoms with Gasteiger partial charge in [-0.15, -0.1) is 11.8 Å². The minimum Gasteiger partial charge on any atom is -0.478 e. The zero-order valence-electron chi connectivity index (χ0n) is 8.77. The van der Waals surface area contributed by atoms with Crippen LogP contribution in [0.4, 0.5) is 0 Å². The number of carbonyl (C=O) groups excluding carboxylic acids is 1. The van der Waals surface area contributed by atoms with Gasteiger partial charge in [0.1, 0.15) is 5.03 Å². The summed E-state index contributed by atoms with van der Waals surface area (Å²) in [6.45, 7) is 0. The largest absolute Gasteiger partial charge is 0.478 e. The number of carboxylic acid groups (broad SMARTS) is 1. The number of carbonyl (C=O) groups is 2. The number of thioether (sulfide) groups is 1. The van der Waals surface area contributed by atoms with Crippen molar-refractivity contribution in [2.45, 2.75) is 11.4 Å². The molecule has 0 saturated heterocycles. The lowest BCUT2D eigenvalue weighted by molar-refractivity contribution is -0.120. The van der Waals surface area contributed by atoms with Crippen LogP contribution in [0.2, 0.25) is 0 Å². The lowest BCUT2D eigenvalue weighted by Gasteiger charge is -2.03. The quantitative estimate of drug-likeness (QED) is 0.751. The van der Waals surface area contributed by atoms with E-state index in [0.29, 0.717) is 17.2 Å². The average molecular weight is 240 g/mol. The number of carboxylic acids is 1. The number of aromatic carboxylic acids is 1. The maximum Gasteiger partial charge on any atom is 0.338 e. The molecule has 0 spiro atoms. The molecule has 2 N–H and O–H groups in total. The highest BCUT2D eigenvalue weighted by Crippen LogP contribution is 2.20. The molecular formula is C10H12N2O3S. The highest BCUT2D eigenvalue weighted by atomic mass is 32.2. The van der Waals surface area contributed by atoms with Crippen LogP contribution in [0.25, 0.3) is 0 Å². The van der Waals surface area contributed by atoms with Crippen molar-refractivity contribution >= 4 is 23.6 Å². The van der Waals surface area contributed by atoms with Gasteiger partial charge >= 0.3 is 5.97 Å². The Hall–Kier alpha value is -1.56. The molecule has 0 unspecified atom stereocenters. The summed E-state index contributed by atoms with van der Waals surface area (Å²) < 4.78 is 0. The van der Waals surface area contributed by atoms with Gasteiger partial charge in [-0.3, -0.25) is 4.79 Å². The van der Waals surface area contributed by atoms with Crippen LogP contribution in [-0.4, -0.2) is 34.8 Å². The third-order valence-corrected chi connectivity index (χ3v) is 2.86. The van der Waals surface area contributed by atoms with E-state index in [2.05, 4.69) is 10.3 Å². The third kappa shape index (κ3) is 3.54.